The summed E-state index contributed by atoms with van der Waals surface area (Å²) >= 11 is 1.37. The number of aromatic nitrogens is 3. The van der Waals surface area contributed by atoms with Crippen molar-refractivity contribution in [3.63, 3.8) is 0 Å². The molecule has 0 aliphatic carbocycles. The van der Waals surface area contributed by atoms with Crippen LogP contribution in [0.15, 0.2) is 67.1 Å². The number of hydrogen-bond acceptors (Lipinski definition) is 6. The number of anilines is 1. The number of carbonyl (C=O) groups is 1. The molecule has 0 radical (unpaired) electrons. The van der Waals surface area contributed by atoms with Crippen molar-refractivity contribution in [1.82, 2.24) is 15.0 Å². The Morgan fingerprint density at radius 1 is 1.04 bits per heavy atom. The third kappa shape index (κ3) is 3.46. The second-order valence-corrected chi connectivity index (χ2v) is 6.14. The first-order valence-electron chi connectivity index (χ1n) is 7.49. The molecule has 4 aromatic rings. The van der Waals surface area contributed by atoms with Crippen LogP contribution in [0, 0.1) is 0 Å². The number of nitrogens with zero attached hydrogens (tertiary/aromatic N) is 3. The van der Waals surface area contributed by atoms with Crippen molar-refractivity contribution in [3.8, 4) is 11.5 Å². The second-order valence-electron chi connectivity index (χ2n) is 5.11. The van der Waals surface area contributed by atoms with E-state index in [0.717, 1.165) is 16.0 Å². The lowest BCUT2D eigenvalue weighted by molar-refractivity contribution is 0.102. The lowest BCUT2D eigenvalue weighted by Crippen LogP contribution is -2.13. The highest BCUT2D eigenvalue weighted by atomic mass is 32.1. The number of benzene rings is 2. The molecule has 122 valence electrons. The Morgan fingerprint density at radius 2 is 1.92 bits per heavy atom. The molecular weight excluding hydrogens is 336 g/mol. The molecule has 1 N–H and O–H groups in total. The van der Waals surface area contributed by atoms with Gasteiger partial charge in [0.25, 0.3) is 5.91 Å². The third-order valence-electron chi connectivity index (χ3n) is 3.36. The average molecular weight is 348 g/mol. The number of ether oxygens (including phenoxy) is 1. The minimum Gasteiger partial charge on any atom is -0.457 e. The SMILES string of the molecule is O=C(Nc1nc2ccc(Oc3ccccc3)cc2s1)c1cnccn1. The van der Waals surface area contributed by atoms with Gasteiger partial charge in [-0.1, -0.05) is 29.5 Å². The predicted octanol–water partition coefficient (Wildman–Crippen LogP) is 4.13. The van der Waals surface area contributed by atoms with E-state index in [4.69, 9.17) is 4.74 Å². The van der Waals surface area contributed by atoms with Gasteiger partial charge in [0.1, 0.15) is 17.2 Å². The van der Waals surface area contributed by atoms with Crippen LogP contribution in [-0.2, 0) is 0 Å². The fourth-order valence-electron chi connectivity index (χ4n) is 2.22. The molecule has 0 saturated heterocycles. The minimum absolute atomic E-state index is 0.245. The molecule has 2 heterocycles. The molecule has 0 saturated carbocycles. The highest BCUT2D eigenvalue weighted by Crippen LogP contribution is 2.31. The molecule has 4 rings (SSSR count). The number of thiazole rings is 1. The minimum atomic E-state index is -0.340. The van der Waals surface area contributed by atoms with Crippen molar-refractivity contribution >= 4 is 32.6 Å². The summed E-state index contributed by atoms with van der Waals surface area (Å²) in [5.41, 5.74) is 1.04. The summed E-state index contributed by atoms with van der Waals surface area (Å²) in [6.07, 6.45) is 4.40. The van der Waals surface area contributed by atoms with E-state index in [1.807, 2.05) is 48.5 Å². The Balaban J connectivity index is 1.55. The van der Waals surface area contributed by atoms with Gasteiger partial charge in [-0.05, 0) is 24.3 Å². The molecule has 7 heteroatoms. The number of carbonyl (C=O) groups excluding carboxylic acids is 1. The summed E-state index contributed by atoms with van der Waals surface area (Å²) in [5, 5.41) is 3.24. The lowest BCUT2D eigenvalue weighted by Gasteiger charge is -2.04. The Kier molecular flexibility index (Phi) is 4.05. The van der Waals surface area contributed by atoms with Crippen molar-refractivity contribution in [1.29, 1.82) is 0 Å². The number of nitrogens with one attached hydrogen (secondary N) is 1. The van der Waals surface area contributed by atoms with Crippen LogP contribution in [0.4, 0.5) is 5.13 Å². The van der Waals surface area contributed by atoms with Crippen LogP contribution in [0.2, 0.25) is 0 Å². The van der Waals surface area contributed by atoms with Gasteiger partial charge in [-0.25, -0.2) is 9.97 Å². The maximum Gasteiger partial charge on any atom is 0.277 e. The van der Waals surface area contributed by atoms with Crippen LogP contribution in [0.5, 0.6) is 11.5 Å². The van der Waals surface area contributed by atoms with E-state index in [-0.39, 0.29) is 11.6 Å². The molecule has 0 aliphatic rings. The Bertz CT molecular complexity index is 1020. The van der Waals surface area contributed by atoms with E-state index < -0.39 is 0 Å². The summed E-state index contributed by atoms with van der Waals surface area (Å²) in [7, 11) is 0. The van der Waals surface area contributed by atoms with E-state index in [1.165, 1.54) is 29.9 Å². The third-order valence-corrected chi connectivity index (χ3v) is 4.29. The van der Waals surface area contributed by atoms with Crippen LogP contribution in [0.3, 0.4) is 0 Å². The van der Waals surface area contributed by atoms with Crippen LogP contribution in [0.25, 0.3) is 10.2 Å². The summed E-state index contributed by atoms with van der Waals surface area (Å²) in [4.78, 5) is 24.4. The van der Waals surface area contributed by atoms with E-state index >= 15 is 0 Å². The van der Waals surface area contributed by atoms with Crippen LogP contribution < -0.4 is 10.1 Å². The molecule has 0 unspecified atom stereocenters. The van der Waals surface area contributed by atoms with Gasteiger partial charge in [-0.15, -0.1) is 0 Å². The topological polar surface area (TPSA) is 77.0 Å². The summed E-state index contributed by atoms with van der Waals surface area (Å²) in [6, 6.07) is 15.2. The van der Waals surface area contributed by atoms with E-state index in [1.54, 1.807) is 0 Å². The molecule has 25 heavy (non-hydrogen) atoms. The zero-order valence-electron chi connectivity index (χ0n) is 12.9. The first kappa shape index (κ1) is 15.2. The van der Waals surface area contributed by atoms with Crippen LogP contribution in [-0.4, -0.2) is 20.9 Å². The van der Waals surface area contributed by atoms with Gasteiger partial charge in [0.05, 0.1) is 16.4 Å². The number of para-hydroxylation sites is 1. The first-order valence-corrected chi connectivity index (χ1v) is 8.30. The maximum absolute atomic E-state index is 12.1. The molecule has 0 aliphatic heterocycles. The molecule has 0 bridgehead atoms. The Morgan fingerprint density at radius 3 is 2.72 bits per heavy atom. The van der Waals surface area contributed by atoms with Gasteiger partial charge in [0.2, 0.25) is 0 Å². The summed E-state index contributed by atoms with van der Waals surface area (Å²) in [5.74, 6) is 1.14. The van der Waals surface area contributed by atoms with Gasteiger partial charge < -0.3 is 4.74 Å². The standard InChI is InChI=1S/C18H12N4O2S/c23-17(15-11-19-8-9-20-15)22-18-21-14-7-6-13(10-16(14)25-18)24-12-4-2-1-3-5-12/h1-11H,(H,21,22,23). The molecule has 0 fully saturated rings. The van der Waals surface area contributed by atoms with Gasteiger partial charge in [-0.3, -0.25) is 15.1 Å². The van der Waals surface area contributed by atoms with Crippen LogP contribution in [0.1, 0.15) is 10.5 Å². The molecule has 0 spiro atoms. The monoisotopic (exact) mass is 348 g/mol. The number of hydrogen-bond donors (Lipinski definition) is 1. The molecule has 2 aromatic carbocycles. The highest BCUT2D eigenvalue weighted by molar-refractivity contribution is 7.22. The second kappa shape index (κ2) is 6.66. The lowest BCUT2D eigenvalue weighted by atomic mass is 10.3. The normalized spacial score (nSPS) is 10.6. The fraction of sp³-hybridized carbons (Fsp3) is 0. The smallest absolute Gasteiger partial charge is 0.277 e. The summed E-state index contributed by atoms with van der Waals surface area (Å²) in [6.45, 7) is 0. The number of amides is 1. The predicted molar refractivity (Wildman–Crippen MR) is 96.1 cm³/mol. The Labute approximate surface area is 147 Å². The zero-order valence-corrected chi connectivity index (χ0v) is 13.7. The molecule has 0 atom stereocenters. The van der Waals surface area contributed by atoms with Gasteiger partial charge in [0.15, 0.2) is 5.13 Å². The van der Waals surface area contributed by atoms with Crippen molar-refractivity contribution in [2.45, 2.75) is 0 Å². The summed E-state index contributed by atoms with van der Waals surface area (Å²) < 4.78 is 6.74. The molecule has 6 nitrogen and oxygen atoms in total. The van der Waals surface area contributed by atoms with Crippen molar-refractivity contribution in [2.24, 2.45) is 0 Å². The highest BCUT2D eigenvalue weighted by Gasteiger charge is 2.11. The van der Waals surface area contributed by atoms with E-state index in [0.29, 0.717) is 10.9 Å². The van der Waals surface area contributed by atoms with E-state index in [9.17, 15) is 4.79 Å². The van der Waals surface area contributed by atoms with Crippen molar-refractivity contribution < 1.29 is 9.53 Å². The van der Waals surface area contributed by atoms with Crippen molar-refractivity contribution in [3.05, 3.63) is 72.8 Å². The fourth-order valence-corrected chi connectivity index (χ4v) is 3.11. The van der Waals surface area contributed by atoms with Crippen molar-refractivity contribution in [2.75, 3.05) is 5.32 Å². The van der Waals surface area contributed by atoms with Gasteiger partial charge in [-0.2, -0.15) is 0 Å². The Hall–Kier alpha value is -3.32. The number of rotatable bonds is 4. The first-order chi connectivity index (χ1) is 12.3. The average Bonchev–Trinajstić information content (AvgIpc) is 3.05. The maximum atomic E-state index is 12.1. The molecule has 1 amide bonds. The van der Waals surface area contributed by atoms with Crippen LogP contribution >= 0.6 is 11.3 Å². The quantitative estimate of drug-likeness (QED) is 0.600. The largest absolute Gasteiger partial charge is 0.457 e. The number of fused-ring (bicyclic) bond motifs is 1. The zero-order chi connectivity index (χ0) is 17.1. The van der Waals surface area contributed by atoms with Gasteiger partial charge in [0, 0.05) is 18.5 Å². The van der Waals surface area contributed by atoms with Gasteiger partial charge >= 0.3 is 0 Å². The molecule has 2 aromatic heterocycles. The molecular formula is C18H12N4O2S. The van der Waals surface area contributed by atoms with E-state index in [2.05, 4.69) is 20.3 Å².